The smallest absolute Gasteiger partial charge is 0.338 e. The lowest BCUT2D eigenvalue weighted by Crippen LogP contribution is -2.24. The lowest BCUT2D eigenvalue weighted by molar-refractivity contribution is 0.0697. The van der Waals surface area contributed by atoms with Crippen LogP contribution in [0.15, 0.2) is 23.4 Å². The molecule has 1 aromatic carbocycles. The maximum Gasteiger partial charge on any atom is 0.338 e. The minimum Gasteiger partial charge on any atom is -0.478 e. The van der Waals surface area contributed by atoms with E-state index in [1.165, 1.54) is 6.33 Å². The molecule has 3 N–H and O–H groups in total. The Morgan fingerprint density at radius 3 is 2.67 bits per heavy atom. The van der Waals surface area contributed by atoms with Gasteiger partial charge in [-0.2, -0.15) is 5.10 Å². The number of aromatic amines is 1. The van der Waals surface area contributed by atoms with Gasteiger partial charge in [-0.15, -0.1) is 0 Å². The molecule has 8 nitrogen and oxygen atoms in total. The zero-order valence-corrected chi connectivity index (χ0v) is 12.5. The van der Waals surface area contributed by atoms with Crippen LogP contribution in [0.4, 0.5) is 0 Å². The number of carboxylic acid groups (broad SMARTS) is 1. The summed E-state index contributed by atoms with van der Waals surface area (Å²) in [6.45, 7) is -0.149. The van der Waals surface area contributed by atoms with Crippen molar-refractivity contribution in [3.8, 4) is 0 Å². The molecule has 1 aromatic heterocycles. The minimum atomic E-state index is -4.03. The van der Waals surface area contributed by atoms with Gasteiger partial charge in [0.15, 0.2) is 0 Å². The van der Waals surface area contributed by atoms with E-state index in [-0.39, 0.29) is 16.5 Å². The van der Waals surface area contributed by atoms with Gasteiger partial charge in [0.2, 0.25) is 10.0 Å². The number of H-pyrrole nitrogens is 1. The molecule has 0 spiro atoms. The van der Waals surface area contributed by atoms with Gasteiger partial charge in [-0.3, -0.25) is 5.10 Å². The Hall–Kier alpha value is -1.68. The lowest BCUT2D eigenvalue weighted by Gasteiger charge is -2.10. The van der Waals surface area contributed by atoms with Crippen LogP contribution in [0.1, 0.15) is 16.2 Å². The predicted molar refractivity (Wildman–Crippen MR) is 73.8 cm³/mol. The Kier molecular flexibility index (Phi) is 4.47. The quantitative estimate of drug-likeness (QED) is 0.745. The first-order chi connectivity index (χ1) is 9.83. The second-order valence-electron chi connectivity index (χ2n) is 3.80. The third kappa shape index (κ3) is 3.32. The largest absolute Gasteiger partial charge is 0.478 e. The van der Waals surface area contributed by atoms with Crippen molar-refractivity contribution in [3.63, 3.8) is 0 Å². The zero-order chi connectivity index (χ0) is 15.6. The number of halogens is 2. The van der Waals surface area contributed by atoms with Gasteiger partial charge in [-0.05, 0) is 12.1 Å². The molecule has 11 heteroatoms. The van der Waals surface area contributed by atoms with Gasteiger partial charge in [-0.1, -0.05) is 23.2 Å². The number of sulfonamides is 1. The summed E-state index contributed by atoms with van der Waals surface area (Å²) < 4.78 is 26.5. The predicted octanol–water partition coefficient (Wildman–Crippen LogP) is 1.29. The molecule has 0 bridgehead atoms. The summed E-state index contributed by atoms with van der Waals surface area (Å²) in [6.07, 6.45) is 1.22. The summed E-state index contributed by atoms with van der Waals surface area (Å²) in [4.78, 5) is 14.4. The van der Waals surface area contributed by atoms with Crippen molar-refractivity contribution < 1.29 is 18.3 Å². The highest BCUT2D eigenvalue weighted by Gasteiger charge is 2.24. The maximum absolute atomic E-state index is 12.1. The van der Waals surface area contributed by atoms with Crippen LogP contribution in [0.3, 0.4) is 0 Å². The standard InChI is InChI=1S/C10H8Cl2N4O4S/c11-5-1-2-6(9(12)8(5)10(17)18)21(19,20)15-3-7-13-4-14-16-7/h1-2,4,15H,3H2,(H,17,18)(H,13,14,16). The Bertz CT molecular complexity index is 777. The van der Waals surface area contributed by atoms with Crippen LogP contribution in [-0.2, 0) is 16.6 Å². The number of benzene rings is 1. The van der Waals surface area contributed by atoms with Crippen molar-refractivity contribution >= 4 is 39.2 Å². The van der Waals surface area contributed by atoms with E-state index in [2.05, 4.69) is 19.9 Å². The van der Waals surface area contributed by atoms with Crippen LogP contribution in [0.2, 0.25) is 10.0 Å². The number of hydrogen-bond acceptors (Lipinski definition) is 5. The van der Waals surface area contributed by atoms with Crippen molar-refractivity contribution in [1.82, 2.24) is 19.9 Å². The lowest BCUT2D eigenvalue weighted by atomic mass is 10.2. The summed E-state index contributed by atoms with van der Waals surface area (Å²) in [6, 6.07) is 2.28. The summed E-state index contributed by atoms with van der Waals surface area (Å²) in [5.74, 6) is -1.13. The number of rotatable bonds is 5. The first kappa shape index (κ1) is 15.7. The molecule has 0 atom stereocenters. The maximum atomic E-state index is 12.1. The van der Waals surface area contributed by atoms with Gasteiger partial charge in [0.05, 0.1) is 22.2 Å². The van der Waals surface area contributed by atoms with E-state index in [0.717, 1.165) is 12.1 Å². The van der Waals surface area contributed by atoms with E-state index in [1.54, 1.807) is 0 Å². The van der Waals surface area contributed by atoms with Gasteiger partial charge in [0.25, 0.3) is 0 Å². The van der Waals surface area contributed by atoms with E-state index in [4.69, 9.17) is 28.3 Å². The number of aromatic nitrogens is 3. The molecule has 0 amide bonds. The van der Waals surface area contributed by atoms with Crippen LogP contribution in [-0.4, -0.2) is 34.7 Å². The van der Waals surface area contributed by atoms with Gasteiger partial charge in [-0.25, -0.2) is 22.9 Å². The van der Waals surface area contributed by atoms with Crippen LogP contribution in [0.25, 0.3) is 0 Å². The van der Waals surface area contributed by atoms with Crippen molar-refractivity contribution in [3.05, 3.63) is 39.9 Å². The summed E-state index contributed by atoms with van der Waals surface area (Å²) in [7, 11) is -4.03. The molecule has 0 unspecified atom stereocenters. The molecule has 0 fully saturated rings. The third-order valence-corrected chi connectivity index (χ3v) is 4.72. The van der Waals surface area contributed by atoms with Gasteiger partial charge < -0.3 is 5.11 Å². The van der Waals surface area contributed by atoms with Gasteiger partial charge in [0, 0.05) is 0 Å². The van der Waals surface area contributed by atoms with Gasteiger partial charge >= 0.3 is 5.97 Å². The van der Waals surface area contributed by atoms with E-state index in [9.17, 15) is 13.2 Å². The highest BCUT2D eigenvalue weighted by Crippen LogP contribution is 2.31. The Morgan fingerprint density at radius 1 is 1.38 bits per heavy atom. The van der Waals surface area contributed by atoms with Gasteiger partial charge in [0.1, 0.15) is 17.0 Å². The van der Waals surface area contributed by atoms with E-state index in [1.807, 2.05) is 0 Å². The normalized spacial score (nSPS) is 11.5. The summed E-state index contributed by atoms with van der Waals surface area (Å²) in [5.41, 5.74) is -0.471. The van der Waals surface area contributed by atoms with Crippen molar-refractivity contribution in [2.75, 3.05) is 0 Å². The molecule has 0 saturated carbocycles. The Labute approximate surface area is 129 Å². The number of nitrogens with zero attached hydrogens (tertiary/aromatic N) is 2. The fourth-order valence-corrected chi connectivity index (χ4v) is 3.40. The molecule has 0 radical (unpaired) electrons. The SMILES string of the molecule is O=C(O)c1c(Cl)ccc(S(=O)(=O)NCc2ncn[nH]2)c1Cl. The summed E-state index contributed by atoms with van der Waals surface area (Å²) in [5, 5.41) is 14.4. The molecule has 0 aliphatic heterocycles. The van der Waals surface area contributed by atoms with Crippen LogP contribution < -0.4 is 4.72 Å². The average Bonchev–Trinajstić information content (AvgIpc) is 2.88. The van der Waals surface area contributed by atoms with E-state index >= 15 is 0 Å². The number of nitrogens with one attached hydrogen (secondary N) is 2. The van der Waals surface area contributed by atoms with E-state index in [0.29, 0.717) is 5.82 Å². The minimum absolute atomic E-state index is 0.149. The molecule has 0 aliphatic carbocycles. The number of hydrogen-bond donors (Lipinski definition) is 3. The number of carboxylic acids is 1. The molecule has 1 heterocycles. The molecule has 0 saturated heterocycles. The Balaban J connectivity index is 2.36. The topological polar surface area (TPSA) is 125 Å². The average molecular weight is 351 g/mol. The van der Waals surface area contributed by atoms with Crippen molar-refractivity contribution in [2.45, 2.75) is 11.4 Å². The van der Waals surface area contributed by atoms with E-state index < -0.39 is 26.6 Å². The number of carbonyl (C=O) groups is 1. The van der Waals surface area contributed by atoms with Crippen LogP contribution >= 0.6 is 23.2 Å². The summed E-state index contributed by atoms with van der Waals surface area (Å²) >= 11 is 11.5. The van der Waals surface area contributed by atoms with Crippen molar-refractivity contribution in [1.29, 1.82) is 0 Å². The monoisotopic (exact) mass is 350 g/mol. The highest BCUT2D eigenvalue weighted by atomic mass is 35.5. The second kappa shape index (κ2) is 5.98. The van der Waals surface area contributed by atoms with Crippen LogP contribution in [0.5, 0.6) is 0 Å². The molecule has 112 valence electrons. The first-order valence-electron chi connectivity index (χ1n) is 5.38. The molecule has 21 heavy (non-hydrogen) atoms. The number of aromatic carboxylic acids is 1. The molecular weight excluding hydrogens is 343 g/mol. The zero-order valence-electron chi connectivity index (χ0n) is 10.2. The molecular formula is C10H8Cl2N4O4S. The molecule has 0 aliphatic rings. The first-order valence-corrected chi connectivity index (χ1v) is 7.62. The fourth-order valence-electron chi connectivity index (χ4n) is 1.49. The molecule has 2 rings (SSSR count). The third-order valence-electron chi connectivity index (χ3n) is 2.45. The fraction of sp³-hybridized carbons (Fsp3) is 0.100. The highest BCUT2D eigenvalue weighted by molar-refractivity contribution is 7.89. The molecule has 2 aromatic rings. The Morgan fingerprint density at radius 2 is 2.10 bits per heavy atom. The van der Waals surface area contributed by atoms with Crippen molar-refractivity contribution in [2.24, 2.45) is 0 Å². The van der Waals surface area contributed by atoms with Crippen LogP contribution in [0, 0.1) is 0 Å². The second-order valence-corrected chi connectivity index (χ2v) is 6.32.